The predicted octanol–water partition coefficient (Wildman–Crippen LogP) is 1.26. The minimum absolute atomic E-state index is 0.183. The molecule has 0 saturated carbocycles. The van der Waals surface area contributed by atoms with Gasteiger partial charge in [-0.3, -0.25) is 9.11 Å². The number of rotatable bonds is 3. The van der Waals surface area contributed by atoms with Gasteiger partial charge in [-0.15, -0.1) is 0 Å². The van der Waals surface area contributed by atoms with Crippen molar-refractivity contribution in [1.29, 1.82) is 0 Å². The molecule has 8 nitrogen and oxygen atoms in total. The molecule has 0 unspecified atom stereocenters. The Morgan fingerprint density at radius 3 is 1.73 bits per heavy atom. The van der Waals surface area contributed by atoms with Crippen molar-refractivity contribution in [2.75, 3.05) is 0 Å². The smallest absolute Gasteiger partial charge is 0.302 e. The molecule has 0 aromatic heterocycles. The number of aromatic hydroxyl groups is 2. The summed E-state index contributed by atoms with van der Waals surface area (Å²) < 4.78 is 63.5. The van der Waals surface area contributed by atoms with Gasteiger partial charge in [-0.25, -0.2) is 0 Å². The summed E-state index contributed by atoms with van der Waals surface area (Å²) >= 11 is 0. The average Bonchev–Trinajstić information content (AvgIpc) is 2.35. The molecule has 0 atom stereocenters. The summed E-state index contributed by atoms with van der Waals surface area (Å²) in [5.74, 6) is -2.53. The summed E-state index contributed by atoms with van der Waals surface area (Å²) in [7, 11) is -10.2. The average molecular weight is 346 g/mol. The summed E-state index contributed by atoms with van der Waals surface area (Å²) in [6.45, 7) is 0. The summed E-state index contributed by atoms with van der Waals surface area (Å²) in [5, 5.41) is 19.5. The predicted molar refractivity (Wildman–Crippen MR) is 74.8 cm³/mol. The van der Waals surface area contributed by atoms with Gasteiger partial charge in [0, 0.05) is 5.56 Å². The Labute approximate surface area is 125 Å². The normalized spacial score (nSPS) is 12.3. The second-order valence-electron chi connectivity index (χ2n) is 4.27. The Morgan fingerprint density at radius 1 is 0.773 bits per heavy atom. The van der Waals surface area contributed by atoms with E-state index in [-0.39, 0.29) is 11.1 Å². The molecular weight excluding hydrogens is 336 g/mol. The number of benzene rings is 2. The van der Waals surface area contributed by atoms with Crippen LogP contribution in [-0.2, 0) is 20.2 Å². The van der Waals surface area contributed by atoms with E-state index >= 15 is 0 Å². The molecule has 0 amide bonds. The molecule has 0 aliphatic rings. The Bertz CT molecular complexity index is 931. The molecule has 0 spiro atoms. The summed E-state index contributed by atoms with van der Waals surface area (Å²) in [5.41, 5.74) is -0.145. The van der Waals surface area contributed by atoms with Gasteiger partial charge in [-0.2, -0.15) is 16.8 Å². The van der Waals surface area contributed by atoms with E-state index in [1.807, 2.05) is 0 Å². The number of hydrogen-bond donors (Lipinski definition) is 4. The van der Waals surface area contributed by atoms with Crippen LogP contribution < -0.4 is 0 Å². The molecule has 4 N–H and O–H groups in total. The fourth-order valence-electron chi connectivity index (χ4n) is 1.97. The standard InChI is InChI=1S/C12H10O8S2/c13-9-6-8(7-4-2-1-3-5-7)11(21(15,16)17)10(14)12(9)22(18,19)20/h1-6,13-14H,(H,15,16,17)(H,18,19,20). The maximum atomic E-state index is 11.5. The van der Waals surface area contributed by atoms with E-state index < -0.39 is 41.5 Å². The van der Waals surface area contributed by atoms with Gasteiger partial charge in [0.05, 0.1) is 0 Å². The Kier molecular flexibility index (Phi) is 3.87. The zero-order chi connectivity index (χ0) is 16.7. The van der Waals surface area contributed by atoms with Crippen molar-refractivity contribution < 1.29 is 36.2 Å². The minimum Gasteiger partial charge on any atom is -0.506 e. The van der Waals surface area contributed by atoms with Crippen molar-refractivity contribution in [3.05, 3.63) is 36.4 Å². The van der Waals surface area contributed by atoms with Crippen molar-refractivity contribution in [3.63, 3.8) is 0 Å². The fraction of sp³-hybridized carbons (Fsp3) is 0. The molecule has 10 heteroatoms. The van der Waals surface area contributed by atoms with E-state index in [4.69, 9.17) is 4.55 Å². The molecule has 0 fully saturated rings. The van der Waals surface area contributed by atoms with Gasteiger partial charge in [0.15, 0.2) is 10.6 Å². The van der Waals surface area contributed by atoms with Gasteiger partial charge >= 0.3 is 10.1 Å². The van der Waals surface area contributed by atoms with Gasteiger partial charge in [-0.05, 0) is 11.6 Å². The van der Waals surface area contributed by atoms with E-state index in [1.54, 1.807) is 6.07 Å². The lowest BCUT2D eigenvalue weighted by Crippen LogP contribution is -2.07. The van der Waals surface area contributed by atoms with Gasteiger partial charge in [0.2, 0.25) is 0 Å². The first kappa shape index (κ1) is 16.2. The first-order chi connectivity index (χ1) is 10.0. The van der Waals surface area contributed by atoms with Crippen LogP contribution >= 0.6 is 0 Å². The third-order valence-electron chi connectivity index (χ3n) is 2.79. The van der Waals surface area contributed by atoms with E-state index in [0.717, 1.165) is 0 Å². The number of phenols is 2. The highest BCUT2D eigenvalue weighted by molar-refractivity contribution is 7.87. The quantitative estimate of drug-likeness (QED) is 0.607. The molecule has 118 valence electrons. The molecule has 2 aromatic rings. The summed E-state index contributed by atoms with van der Waals surface area (Å²) in [6.07, 6.45) is 0. The Morgan fingerprint density at radius 2 is 1.27 bits per heavy atom. The summed E-state index contributed by atoms with van der Waals surface area (Å²) in [6, 6.07) is 8.19. The third-order valence-corrected chi connectivity index (χ3v) is 4.64. The molecule has 0 bridgehead atoms. The van der Waals surface area contributed by atoms with Gasteiger partial charge in [0.25, 0.3) is 10.1 Å². The lowest BCUT2D eigenvalue weighted by molar-refractivity contribution is 0.398. The van der Waals surface area contributed by atoms with Crippen LogP contribution in [0.25, 0.3) is 11.1 Å². The second-order valence-corrected chi connectivity index (χ2v) is 6.98. The van der Waals surface area contributed by atoms with Crippen molar-refractivity contribution in [2.24, 2.45) is 0 Å². The zero-order valence-electron chi connectivity index (χ0n) is 10.7. The highest BCUT2D eigenvalue weighted by Gasteiger charge is 2.31. The van der Waals surface area contributed by atoms with Crippen LogP contribution in [-0.4, -0.2) is 36.2 Å². The van der Waals surface area contributed by atoms with E-state index in [1.165, 1.54) is 24.3 Å². The van der Waals surface area contributed by atoms with Crippen molar-refractivity contribution >= 4 is 20.2 Å². The maximum absolute atomic E-state index is 11.5. The highest BCUT2D eigenvalue weighted by atomic mass is 32.2. The molecule has 0 radical (unpaired) electrons. The zero-order valence-corrected chi connectivity index (χ0v) is 12.3. The van der Waals surface area contributed by atoms with Crippen molar-refractivity contribution in [2.45, 2.75) is 9.79 Å². The van der Waals surface area contributed by atoms with Crippen LogP contribution in [0.2, 0.25) is 0 Å². The van der Waals surface area contributed by atoms with E-state index in [0.29, 0.717) is 6.07 Å². The monoisotopic (exact) mass is 346 g/mol. The second kappa shape index (κ2) is 5.25. The first-order valence-corrected chi connectivity index (χ1v) is 8.51. The van der Waals surface area contributed by atoms with Crippen LogP contribution in [0.3, 0.4) is 0 Å². The molecule has 0 heterocycles. The SMILES string of the molecule is O=S(=O)(O)c1c(O)cc(-c2ccccc2)c(S(=O)(=O)O)c1O. The lowest BCUT2D eigenvalue weighted by atomic mass is 10.0. The van der Waals surface area contributed by atoms with Crippen molar-refractivity contribution in [3.8, 4) is 22.6 Å². The number of phenolic OH excluding ortho intramolecular Hbond substituents is 2. The maximum Gasteiger partial charge on any atom is 0.302 e. The molecule has 0 saturated heterocycles. The summed E-state index contributed by atoms with van der Waals surface area (Å²) in [4.78, 5) is -2.54. The molecule has 0 aliphatic carbocycles. The van der Waals surface area contributed by atoms with Crippen LogP contribution in [0, 0.1) is 0 Å². The fourth-order valence-corrected chi connectivity index (χ4v) is 3.50. The van der Waals surface area contributed by atoms with Crippen molar-refractivity contribution in [1.82, 2.24) is 0 Å². The highest BCUT2D eigenvalue weighted by Crippen LogP contribution is 2.43. The van der Waals surface area contributed by atoms with Crippen LogP contribution in [0.5, 0.6) is 11.5 Å². The molecule has 22 heavy (non-hydrogen) atoms. The molecule has 0 aliphatic heterocycles. The molecular formula is C12H10O8S2. The van der Waals surface area contributed by atoms with Crippen LogP contribution in [0.4, 0.5) is 0 Å². The minimum atomic E-state index is -5.12. The van der Waals surface area contributed by atoms with E-state index in [2.05, 4.69) is 0 Å². The topological polar surface area (TPSA) is 149 Å². The number of hydrogen-bond acceptors (Lipinski definition) is 6. The van der Waals surface area contributed by atoms with Crippen LogP contribution in [0.15, 0.2) is 46.2 Å². The molecule has 2 aromatic carbocycles. The lowest BCUT2D eigenvalue weighted by Gasteiger charge is -2.13. The third kappa shape index (κ3) is 2.90. The van der Waals surface area contributed by atoms with E-state index in [9.17, 15) is 31.6 Å². The van der Waals surface area contributed by atoms with Crippen LogP contribution in [0.1, 0.15) is 0 Å². The van der Waals surface area contributed by atoms with Gasteiger partial charge < -0.3 is 10.2 Å². The first-order valence-electron chi connectivity index (χ1n) is 5.63. The Balaban J connectivity index is 3.00. The Hall–Kier alpha value is -2.14. The molecule has 2 rings (SSSR count). The van der Waals surface area contributed by atoms with Gasteiger partial charge in [-0.1, -0.05) is 30.3 Å². The largest absolute Gasteiger partial charge is 0.506 e. The van der Waals surface area contributed by atoms with Gasteiger partial charge in [0.1, 0.15) is 10.6 Å².